The van der Waals surface area contributed by atoms with Crippen LogP contribution in [-0.4, -0.2) is 58.9 Å². The van der Waals surface area contributed by atoms with Crippen molar-refractivity contribution in [1.82, 2.24) is 25.0 Å². The molecule has 0 unspecified atom stereocenters. The van der Waals surface area contributed by atoms with Gasteiger partial charge in [-0.1, -0.05) is 24.6 Å². The molecule has 0 atom stereocenters. The van der Waals surface area contributed by atoms with E-state index in [0.29, 0.717) is 6.54 Å². The van der Waals surface area contributed by atoms with E-state index >= 15 is 0 Å². The fraction of sp³-hybridized carbons (Fsp3) is 0.550. The standard InChI is InChI=1S/C20H29N7/c1-21-20(22-16-19-24-23-18-10-6-3-7-11-27(18)19)26-14-12-25(13-15-26)17-8-4-2-5-9-17/h2,4-5,8-9H,3,6-7,10-16H2,1H3,(H,21,22). The van der Waals surface area contributed by atoms with Crippen LogP contribution in [0.3, 0.4) is 0 Å². The van der Waals surface area contributed by atoms with Crippen LogP contribution in [0.25, 0.3) is 0 Å². The number of hydrogen-bond donors (Lipinski definition) is 1. The van der Waals surface area contributed by atoms with Gasteiger partial charge >= 0.3 is 0 Å². The lowest BCUT2D eigenvalue weighted by Crippen LogP contribution is -2.52. The Morgan fingerprint density at radius 2 is 1.81 bits per heavy atom. The first kappa shape index (κ1) is 17.8. The molecule has 2 aliphatic heterocycles. The van der Waals surface area contributed by atoms with Crippen LogP contribution < -0.4 is 10.2 Å². The molecule has 1 saturated heterocycles. The number of nitrogens with zero attached hydrogens (tertiary/aromatic N) is 6. The Bertz CT molecular complexity index is 760. The number of aliphatic imine (C=N–C) groups is 1. The van der Waals surface area contributed by atoms with Crippen LogP contribution in [0.1, 0.15) is 30.9 Å². The van der Waals surface area contributed by atoms with Crippen molar-refractivity contribution in [2.45, 2.75) is 38.8 Å². The maximum absolute atomic E-state index is 4.50. The third kappa shape index (κ3) is 4.07. The average molecular weight is 368 g/mol. The number of fused-ring (bicyclic) bond motifs is 1. The Morgan fingerprint density at radius 1 is 1.00 bits per heavy atom. The van der Waals surface area contributed by atoms with Gasteiger partial charge in [-0.25, -0.2) is 0 Å². The van der Waals surface area contributed by atoms with Crippen molar-refractivity contribution in [3.05, 3.63) is 42.0 Å². The van der Waals surface area contributed by atoms with Gasteiger partial charge in [0.15, 0.2) is 11.8 Å². The van der Waals surface area contributed by atoms with E-state index in [1.807, 2.05) is 7.05 Å². The van der Waals surface area contributed by atoms with Gasteiger partial charge in [-0.15, -0.1) is 10.2 Å². The zero-order valence-electron chi connectivity index (χ0n) is 16.1. The molecule has 0 spiro atoms. The maximum atomic E-state index is 4.50. The van der Waals surface area contributed by atoms with Gasteiger partial charge < -0.3 is 19.7 Å². The summed E-state index contributed by atoms with van der Waals surface area (Å²) in [7, 11) is 1.86. The second-order valence-electron chi connectivity index (χ2n) is 7.21. The van der Waals surface area contributed by atoms with Gasteiger partial charge in [0, 0.05) is 51.9 Å². The average Bonchev–Trinajstić information content (AvgIpc) is 2.96. The van der Waals surface area contributed by atoms with Crippen molar-refractivity contribution in [2.75, 3.05) is 38.1 Å². The zero-order valence-corrected chi connectivity index (χ0v) is 16.1. The van der Waals surface area contributed by atoms with Gasteiger partial charge in [0.25, 0.3) is 0 Å². The lowest BCUT2D eigenvalue weighted by atomic mass is 10.2. The van der Waals surface area contributed by atoms with Gasteiger partial charge in [0.2, 0.25) is 0 Å². The van der Waals surface area contributed by atoms with Crippen molar-refractivity contribution in [3.63, 3.8) is 0 Å². The fourth-order valence-corrected chi connectivity index (χ4v) is 3.98. The number of guanidine groups is 1. The summed E-state index contributed by atoms with van der Waals surface area (Å²) in [5, 5.41) is 12.3. The number of anilines is 1. The molecule has 0 saturated carbocycles. The molecule has 7 nitrogen and oxygen atoms in total. The summed E-state index contributed by atoms with van der Waals surface area (Å²) in [5.74, 6) is 3.11. The molecule has 0 aliphatic carbocycles. The molecule has 1 aromatic heterocycles. The molecule has 2 aliphatic rings. The molecule has 3 heterocycles. The SMILES string of the molecule is CN=C(NCc1nnc2n1CCCCC2)N1CCN(c2ccccc2)CC1. The van der Waals surface area contributed by atoms with Crippen LogP contribution in [0.15, 0.2) is 35.3 Å². The number of rotatable bonds is 3. The highest BCUT2D eigenvalue weighted by atomic mass is 15.4. The molecule has 7 heteroatoms. The first-order valence-electron chi connectivity index (χ1n) is 10.0. The van der Waals surface area contributed by atoms with Gasteiger partial charge in [0.1, 0.15) is 5.82 Å². The largest absolute Gasteiger partial charge is 0.368 e. The van der Waals surface area contributed by atoms with E-state index in [4.69, 9.17) is 0 Å². The molecule has 27 heavy (non-hydrogen) atoms. The van der Waals surface area contributed by atoms with E-state index in [9.17, 15) is 0 Å². The summed E-state index contributed by atoms with van der Waals surface area (Å²) in [6, 6.07) is 10.6. The van der Waals surface area contributed by atoms with E-state index in [0.717, 1.165) is 56.8 Å². The number of aromatic nitrogens is 3. The van der Waals surface area contributed by atoms with Crippen LogP contribution in [0.2, 0.25) is 0 Å². The molecule has 0 radical (unpaired) electrons. The van der Waals surface area contributed by atoms with Crippen LogP contribution in [-0.2, 0) is 19.5 Å². The zero-order chi connectivity index (χ0) is 18.5. The minimum atomic E-state index is 0.679. The van der Waals surface area contributed by atoms with Crippen LogP contribution in [0, 0.1) is 0 Å². The molecule has 1 N–H and O–H groups in total. The number of hydrogen-bond acceptors (Lipinski definition) is 4. The Balaban J connectivity index is 1.33. The summed E-state index contributed by atoms with van der Waals surface area (Å²) in [4.78, 5) is 9.26. The fourth-order valence-electron chi connectivity index (χ4n) is 3.98. The van der Waals surface area contributed by atoms with Crippen molar-refractivity contribution in [2.24, 2.45) is 4.99 Å². The van der Waals surface area contributed by atoms with Crippen molar-refractivity contribution >= 4 is 11.6 Å². The number of nitrogens with one attached hydrogen (secondary N) is 1. The summed E-state index contributed by atoms with van der Waals surface area (Å²) in [5.41, 5.74) is 1.30. The minimum Gasteiger partial charge on any atom is -0.368 e. The number of para-hydroxylation sites is 1. The van der Waals surface area contributed by atoms with Gasteiger partial charge in [-0.05, 0) is 25.0 Å². The first-order valence-corrected chi connectivity index (χ1v) is 10.0. The summed E-state index contributed by atoms with van der Waals surface area (Å²) in [6.45, 7) is 5.65. The Kier molecular flexibility index (Phi) is 5.55. The quantitative estimate of drug-likeness (QED) is 0.663. The highest BCUT2D eigenvalue weighted by Gasteiger charge is 2.21. The predicted molar refractivity (Wildman–Crippen MR) is 108 cm³/mol. The highest BCUT2D eigenvalue weighted by Crippen LogP contribution is 2.16. The van der Waals surface area contributed by atoms with E-state index in [1.54, 1.807) is 0 Å². The van der Waals surface area contributed by atoms with Gasteiger partial charge in [0.05, 0.1) is 6.54 Å². The summed E-state index contributed by atoms with van der Waals surface area (Å²) < 4.78 is 2.29. The van der Waals surface area contributed by atoms with Crippen LogP contribution >= 0.6 is 0 Å². The smallest absolute Gasteiger partial charge is 0.194 e. The molecule has 2 aromatic rings. The Hall–Kier alpha value is -2.57. The molecule has 0 amide bonds. The molecule has 144 valence electrons. The third-order valence-electron chi connectivity index (χ3n) is 5.50. The lowest BCUT2D eigenvalue weighted by Gasteiger charge is -2.37. The molecule has 1 aromatic carbocycles. The van der Waals surface area contributed by atoms with E-state index in [-0.39, 0.29) is 0 Å². The van der Waals surface area contributed by atoms with Crippen LogP contribution in [0.4, 0.5) is 5.69 Å². The summed E-state index contributed by atoms with van der Waals surface area (Å²) >= 11 is 0. The van der Waals surface area contributed by atoms with Crippen LogP contribution in [0.5, 0.6) is 0 Å². The number of piperazine rings is 1. The Labute approximate surface area is 161 Å². The number of aryl methyl sites for hydroxylation is 1. The van der Waals surface area contributed by atoms with E-state index in [1.165, 1.54) is 24.9 Å². The van der Waals surface area contributed by atoms with Crippen molar-refractivity contribution in [1.29, 1.82) is 0 Å². The normalized spacial score (nSPS) is 18.2. The molecule has 4 rings (SSSR count). The van der Waals surface area contributed by atoms with Gasteiger partial charge in [-0.3, -0.25) is 4.99 Å². The molecule has 1 fully saturated rings. The minimum absolute atomic E-state index is 0.679. The monoisotopic (exact) mass is 367 g/mol. The van der Waals surface area contributed by atoms with Crippen molar-refractivity contribution in [3.8, 4) is 0 Å². The lowest BCUT2D eigenvalue weighted by molar-refractivity contribution is 0.371. The molecule has 0 bridgehead atoms. The first-order chi connectivity index (χ1) is 13.3. The second kappa shape index (κ2) is 8.41. The Morgan fingerprint density at radius 3 is 2.59 bits per heavy atom. The molecular formula is C20H29N7. The third-order valence-corrected chi connectivity index (χ3v) is 5.50. The highest BCUT2D eigenvalue weighted by molar-refractivity contribution is 5.80. The summed E-state index contributed by atoms with van der Waals surface area (Å²) in [6.07, 6.45) is 4.76. The van der Waals surface area contributed by atoms with Crippen molar-refractivity contribution < 1.29 is 0 Å². The number of benzene rings is 1. The van der Waals surface area contributed by atoms with Gasteiger partial charge in [-0.2, -0.15) is 0 Å². The van der Waals surface area contributed by atoms with E-state index < -0.39 is 0 Å². The van der Waals surface area contributed by atoms with E-state index in [2.05, 4.69) is 65.2 Å². The topological polar surface area (TPSA) is 61.6 Å². The second-order valence-corrected chi connectivity index (χ2v) is 7.21. The maximum Gasteiger partial charge on any atom is 0.194 e. The molecular weight excluding hydrogens is 338 g/mol. The predicted octanol–water partition coefficient (Wildman–Crippen LogP) is 1.90.